The first-order valence-corrected chi connectivity index (χ1v) is 6.81. The first-order valence-electron chi connectivity index (χ1n) is 5.93. The quantitative estimate of drug-likeness (QED) is 0.640. The van der Waals surface area contributed by atoms with Crippen LogP contribution in [0.3, 0.4) is 0 Å². The van der Waals surface area contributed by atoms with Gasteiger partial charge in [-0.3, -0.25) is 4.79 Å². The molecule has 0 aliphatic rings. The van der Waals surface area contributed by atoms with E-state index in [-0.39, 0.29) is 11.8 Å². The first kappa shape index (κ1) is 14.5. The van der Waals surface area contributed by atoms with Gasteiger partial charge in [0, 0.05) is 7.05 Å². The van der Waals surface area contributed by atoms with Crippen molar-refractivity contribution in [3.05, 3.63) is 30.1 Å². The number of hydrogen-bond donors (Lipinski definition) is 0. The molecule has 0 saturated heterocycles. The van der Waals surface area contributed by atoms with E-state index in [9.17, 15) is 9.18 Å². The molecule has 0 saturated carbocycles. The summed E-state index contributed by atoms with van der Waals surface area (Å²) in [6.07, 6.45) is 0. The molecule has 5 nitrogen and oxygen atoms in total. The van der Waals surface area contributed by atoms with E-state index in [2.05, 4.69) is 14.9 Å². The molecule has 0 radical (unpaired) electrons. The normalized spacial score (nSPS) is 12.2. The largest absolute Gasteiger partial charge is 0.468 e. The Morgan fingerprint density at radius 2 is 2.10 bits per heavy atom. The van der Waals surface area contributed by atoms with Gasteiger partial charge in [-0.15, -0.1) is 10.2 Å². The lowest BCUT2D eigenvalue weighted by molar-refractivity contribution is -0.139. The van der Waals surface area contributed by atoms with Gasteiger partial charge in [-0.2, -0.15) is 0 Å². The van der Waals surface area contributed by atoms with Gasteiger partial charge in [0.1, 0.15) is 11.1 Å². The van der Waals surface area contributed by atoms with Gasteiger partial charge >= 0.3 is 5.97 Å². The van der Waals surface area contributed by atoms with Crippen LogP contribution in [0.25, 0.3) is 11.4 Å². The maximum Gasteiger partial charge on any atom is 0.318 e. The minimum Gasteiger partial charge on any atom is -0.468 e. The predicted molar refractivity (Wildman–Crippen MR) is 73.7 cm³/mol. The van der Waals surface area contributed by atoms with Gasteiger partial charge in [-0.05, 0) is 19.1 Å². The second-order valence-electron chi connectivity index (χ2n) is 4.13. The maximum absolute atomic E-state index is 13.7. The molecule has 1 aromatic carbocycles. The van der Waals surface area contributed by atoms with Gasteiger partial charge in [0.05, 0.1) is 12.7 Å². The fraction of sp³-hybridized carbons (Fsp3) is 0.308. The second-order valence-corrected chi connectivity index (χ2v) is 5.44. The summed E-state index contributed by atoms with van der Waals surface area (Å²) in [6, 6.07) is 6.35. The molecule has 0 aliphatic carbocycles. The molecule has 1 heterocycles. The summed E-state index contributed by atoms with van der Waals surface area (Å²) in [5, 5.41) is 8.10. The molecule has 1 aromatic heterocycles. The molecule has 0 bridgehead atoms. The van der Waals surface area contributed by atoms with E-state index >= 15 is 0 Å². The number of thioether (sulfide) groups is 1. The molecule has 0 fully saturated rings. The highest BCUT2D eigenvalue weighted by Gasteiger charge is 2.20. The lowest BCUT2D eigenvalue weighted by Crippen LogP contribution is -2.15. The Bertz CT molecular complexity index is 630. The molecule has 0 amide bonds. The van der Waals surface area contributed by atoms with Crippen LogP contribution in [0, 0.1) is 5.82 Å². The van der Waals surface area contributed by atoms with Crippen LogP contribution in [0.15, 0.2) is 29.4 Å². The molecule has 2 rings (SSSR count). The van der Waals surface area contributed by atoms with E-state index in [1.54, 1.807) is 36.7 Å². The van der Waals surface area contributed by atoms with Crippen LogP contribution in [0.1, 0.15) is 6.92 Å². The van der Waals surface area contributed by atoms with Gasteiger partial charge in [-0.25, -0.2) is 4.39 Å². The summed E-state index contributed by atoms with van der Waals surface area (Å²) in [5.74, 6) is -0.284. The summed E-state index contributed by atoms with van der Waals surface area (Å²) in [6.45, 7) is 1.72. The van der Waals surface area contributed by atoms with Crippen LogP contribution in [0.5, 0.6) is 0 Å². The number of carbonyl (C=O) groups excluding carboxylic acids is 1. The third kappa shape index (κ3) is 2.82. The average molecular weight is 295 g/mol. The van der Waals surface area contributed by atoms with Crippen LogP contribution >= 0.6 is 11.8 Å². The average Bonchev–Trinajstić information content (AvgIpc) is 2.80. The maximum atomic E-state index is 13.7. The number of methoxy groups -OCH3 is 1. The van der Waals surface area contributed by atoms with Crippen molar-refractivity contribution in [2.45, 2.75) is 17.3 Å². The molecule has 20 heavy (non-hydrogen) atoms. The molecular weight excluding hydrogens is 281 g/mol. The zero-order valence-electron chi connectivity index (χ0n) is 11.3. The number of carbonyl (C=O) groups is 1. The second kappa shape index (κ2) is 6.04. The SMILES string of the molecule is COC(=O)[C@H](C)Sc1nnc(-c2ccccc2F)n1C. The highest BCUT2D eigenvalue weighted by molar-refractivity contribution is 8.00. The van der Waals surface area contributed by atoms with Gasteiger partial charge in [0.15, 0.2) is 11.0 Å². The number of nitrogens with zero attached hydrogens (tertiary/aromatic N) is 3. The lowest BCUT2D eigenvalue weighted by Gasteiger charge is -2.08. The molecule has 1 atom stereocenters. The Hall–Kier alpha value is -1.89. The monoisotopic (exact) mass is 295 g/mol. The van der Waals surface area contributed by atoms with E-state index in [0.29, 0.717) is 16.5 Å². The molecule has 106 valence electrons. The molecule has 7 heteroatoms. The molecular formula is C13H14FN3O2S. The van der Waals surface area contributed by atoms with Gasteiger partial charge in [0.2, 0.25) is 0 Å². The zero-order chi connectivity index (χ0) is 14.7. The van der Waals surface area contributed by atoms with Crippen molar-refractivity contribution in [1.29, 1.82) is 0 Å². The minimum atomic E-state index is -0.406. The van der Waals surface area contributed by atoms with Crippen LogP contribution in [0.4, 0.5) is 4.39 Å². The molecule has 2 aromatic rings. The lowest BCUT2D eigenvalue weighted by atomic mass is 10.2. The highest BCUT2D eigenvalue weighted by atomic mass is 32.2. The fourth-order valence-corrected chi connectivity index (χ4v) is 2.51. The van der Waals surface area contributed by atoms with Crippen molar-refractivity contribution in [3.8, 4) is 11.4 Å². The van der Waals surface area contributed by atoms with Crippen LogP contribution in [-0.4, -0.2) is 33.1 Å². The number of rotatable bonds is 4. The van der Waals surface area contributed by atoms with Crippen LogP contribution in [0.2, 0.25) is 0 Å². The fourth-order valence-electron chi connectivity index (χ4n) is 1.67. The molecule has 0 aliphatic heterocycles. The van der Waals surface area contributed by atoms with Crippen molar-refractivity contribution < 1.29 is 13.9 Å². The summed E-state index contributed by atoms with van der Waals surface area (Å²) >= 11 is 1.22. The van der Waals surface area contributed by atoms with E-state index in [1.807, 2.05) is 0 Å². The van der Waals surface area contributed by atoms with Gasteiger partial charge in [0.25, 0.3) is 0 Å². The van der Waals surface area contributed by atoms with E-state index < -0.39 is 5.25 Å². The Balaban J connectivity index is 2.28. The molecule has 0 N–H and O–H groups in total. The molecule has 0 unspecified atom stereocenters. The standard InChI is InChI=1S/C13H14FN3O2S/c1-8(12(18)19-3)20-13-16-15-11(17(13)2)9-6-4-5-7-10(9)14/h4-8H,1-3H3/t8-/m0/s1. The summed E-state index contributed by atoms with van der Waals surface area (Å²) in [4.78, 5) is 11.4. The van der Waals surface area contributed by atoms with Crippen molar-refractivity contribution in [1.82, 2.24) is 14.8 Å². The van der Waals surface area contributed by atoms with Gasteiger partial charge in [-0.1, -0.05) is 23.9 Å². The number of aromatic nitrogens is 3. The number of esters is 1. The first-order chi connectivity index (χ1) is 9.54. The number of halogens is 1. The number of ether oxygens (including phenoxy) is 1. The van der Waals surface area contributed by atoms with Crippen molar-refractivity contribution in [2.75, 3.05) is 7.11 Å². The Morgan fingerprint density at radius 3 is 2.75 bits per heavy atom. The van der Waals surface area contributed by atoms with Crippen molar-refractivity contribution in [2.24, 2.45) is 7.05 Å². The Morgan fingerprint density at radius 1 is 1.40 bits per heavy atom. The summed E-state index contributed by atoms with van der Waals surface area (Å²) < 4.78 is 20.1. The van der Waals surface area contributed by atoms with E-state index in [4.69, 9.17) is 0 Å². The van der Waals surface area contributed by atoms with Crippen LogP contribution < -0.4 is 0 Å². The smallest absolute Gasteiger partial charge is 0.318 e. The van der Waals surface area contributed by atoms with E-state index in [1.165, 1.54) is 24.9 Å². The van der Waals surface area contributed by atoms with Crippen molar-refractivity contribution in [3.63, 3.8) is 0 Å². The van der Waals surface area contributed by atoms with Gasteiger partial charge < -0.3 is 9.30 Å². The third-order valence-electron chi connectivity index (χ3n) is 2.76. The third-order valence-corrected chi connectivity index (χ3v) is 3.88. The van der Waals surface area contributed by atoms with E-state index in [0.717, 1.165) is 0 Å². The Labute approximate surface area is 120 Å². The predicted octanol–water partition coefficient (Wildman–Crippen LogP) is 2.27. The number of hydrogen-bond acceptors (Lipinski definition) is 5. The summed E-state index contributed by atoms with van der Waals surface area (Å²) in [7, 11) is 3.06. The topological polar surface area (TPSA) is 57.0 Å². The van der Waals surface area contributed by atoms with Crippen molar-refractivity contribution >= 4 is 17.7 Å². The highest BCUT2D eigenvalue weighted by Crippen LogP contribution is 2.27. The number of benzene rings is 1. The summed E-state index contributed by atoms with van der Waals surface area (Å²) in [5.41, 5.74) is 0.375. The Kier molecular flexibility index (Phi) is 4.39. The van der Waals surface area contributed by atoms with Crippen LogP contribution in [-0.2, 0) is 16.6 Å². The minimum absolute atomic E-state index is 0.342. The molecule has 0 spiro atoms. The zero-order valence-corrected chi connectivity index (χ0v) is 12.1.